The number of nitrogens with zero attached hydrogens (tertiary/aromatic N) is 3. The predicted octanol–water partition coefficient (Wildman–Crippen LogP) is 2.72. The van der Waals surface area contributed by atoms with Crippen LogP contribution in [0, 0.1) is 0 Å². The largest absolute Gasteiger partial charge is 0.380 e. The molecule has 2 aliphatic heterocycles. The van der Waals surface area contributed by atoms with Crippen LogP contribution < -0.4 is 4.90 Å². The number of anilines is 1. The Morgan fingerprint density at radius 1 is 0.848 bits per heavy atom. The number of piperazine rings is 1. The van der Waals surface area contributed by atoms with Crippen molar-refractivity contribution in [2.75, 3.05) is 44.2 Å². The van der Waals surface area contributed by atoms with Gasteiger partial charge >= 0.3 is 0 Å². The van der Waals surface area contributed by atoms with Gasteiger partial charge in [-0.2, -0.15) is 0 Å². The van der Waals surface area contributed by atoms with Gasteiger partial charge in [0.1, 0.15) is 5.60 Å². The lowest BCUT2D eigenvalue weighted by Gasteiger charge is -2.36. The van der Waals surface area contributed by atoms with E-state index in [2.05, 4.69) is 41.3 Å². The van der Waals surface area contributed by atoms with Gasteiger partial charge in [0.15, 0.2) is 0 Å². The summed E-state index contributed by atoms with van der Waals surface area (Å²) in [6, 6.07) is 16.7. The second-order valence-electron chi connectivity index (χ2n) is 9.75. The van der Waals surface area contributed by atoms with Gasteiger partial charge in [0.05, 0.1) is 0 Å². The first kappa shape index (κ1) is 20.5. The zero-order chi connectivity index (χ0) is 22.6. The molecule has 2 aliphatic carbocycles. The highest BCUT2D eigenvalue weighted by molar-refractivity contribution is 5.95. The third-order valence-corrected chi connectivity index (χ3v) is 7.66. The molecule has 0 spiro atoms. The van der Waals surface area contributed by atoms with Gasteiger partial charge in [-0.05, 0) is 66.6 Å². The number of benzene rings is 2. The monoisotopic (exact) mass is 443 g/mol. The van der Waals surface area contributed by atoms with Crippen molar-refractivity contribution in [3.63, 3.8) is 0 Å². The molecule has 170 valence electrons. The number of hydrogen-bond acceptors (Lipinski definition) is 4. The van der Waals surface area contributed by atoms with Gasteiger partial charge in [-0.15, -0.1) is 0 Å². The second-order valence-corrected chi connectivity index (χ2v) is 9.75. The van der Waals surface area contributed by atoms with Crippen molar-refractivity contribution < 1.29 is 14.7 Å². The Morgan fingerprint density at radius 2 is 1.55 bits per heavy atom. The summed E-state index contributed by atoms with van der Waals surface area (Å²) in [6.07, 6.45) is 3.28. The Labute approximate surface area is 194 Å². The molecular weight excluding hydrogens is 414 g/mol. The molecule has 6 nitrogen and oxygen atoms in total. The van der Waals surface area contributed by atoms with Crippen molar-refractivity contribution in [2.24, 2.45) is 0 Å². The van der Waals surface area contributed by atoms with E-state index in [0.717, 1.165) is 31.6 Å². The Kier molecular flexibility index (Phi) is 4.80. The molecule has 6 rings (SSSR count). The van der Waals surface area contributed by atoms with Crippen molar-refractivity contribution in [1.82, 2.24) is 9.80 Å². The summed E-state index contributed by atoms with van der Waals surface area (Å²) in [4.78, 5) is 31.2. The standard InChI is InChI=1S/C27H29N3O3/c31-25(28-13-15-29(16-14-28)26(32)27(33)10-11-27)19-5-7-22(8-6-19)30-12-9-21-17-20-3-1-2-4-23(20)24(21)18-30/h1-8,33H,9-18H2. The van der Waals surface area contributed by atoms with Crippen LogP contribution in [0.3, 0.4) is 0 Å². The van der Waals surface area contributed by atoms with Crippen LogP contribution in [-0.2, 0) is 11.2 Å². The minimum atomic E-state index is -1.13. The van der Waals surface area contributed by atoms with E-state index in [0.29, 0.717) is 44.6 Å². The summed E-state index contributed by atoms with van der Waals surface area (Å²) < 4.78 is 0. The van der Waals surface area contributed by atoms with Crippen molar-refractivity contribution in [3.8, 4) is 0 Å². The van der Waals surface area contributed by atoms with E-state index < -0.39 is 5.60 Å². The molecule has 2 amide bonds. The Morgan fingerprint density at radius 3 is 2.27 bits per heavy atom. The fourth-order valence-electron chi connectivity index (χ4n) is 5.43. The number of rotatable bonds is 3. The fourth-order valence-corrected chi connectivity index (χ4v) is 5.43. The van der Waals surface area contributed by atoms with Crippen LogP contribution in [-0.4, -0.2) is 71.6 Å². The molecule has 6 heteroatoms. The maximum atomic E-state index is 13.0. The molecule has 0 atom stereocenters. The van der Waals surface area contributed by atoms with E-state index in [1.807, 2.05) is 17.0 Å². The molecular formula is C27H29N3O3. The van der Waals surface area contributed by atoms with Gasteiger partial charge in [-0.25, -0.2) is 0 Å². The van der Waals surface area contributed by atoms with Crippen LogP contribution in [0.1, 0.15) is 40.7 Å². The highest BCUT2D eigenvalue weighted by Gasteiger charge is 2.50. The Bertz CT molecular complexity index is 1140. The van der Waals surface area contributed by atoms with E-state index >= 15 is 0 Å². The molecule has 2 fully saturated rings. The Hall–Kier alpha value is -3.12. The molecule has 1 saturated heterocycles. The smallest absolute Gasteiger partial charge is 0.254 e. The van der Waals surface area contributed by atoms with Crippen LogP contribution in [0.4, 0.5) is 5.69 Å². The molecule has 2 heterocycles. The number of hydrogen-bond donors (Lipinski definition) is 1. The molecule has 1 saturated carbocycles. The topological polar surface area (TPSA) is 64.1 Å². The van der Waals surface area contributed by atoms with Crippen LogP contribution in [0.15, 0.2) is 54.1 Å². The van der Waals surface area contributed by atoms with E-state index in [9.17, 15) is 14.7 Å². The van der Waals surface area contributed by atoms with Crippen molar-refractivity contribution in [2.45, 2.75) is 31.3 Å². The number of amides is 2. The molecule has 2 aromatic rings. The molecule has 0 aromatic heterocycles. The third kappa shape index (κ3) is 3.62. The quantitative estimate of drug-likeness (QED) is 0.792. The van der Waals surface area contributed by atoms with E-state index in [1.54, 1.807) is 10.5 Å². The minimum absolute atomic E-state index is 0.00661. The first-order valence-corrected chi connectivity index (χ1v) is 12.0. The highest BCUT2D eigenvalue weighted by atomic mass is 16.3. The van der Waals surface area contributed by atoms with E-state index in [4.69, 9.17) is 0 Å². The van der Waals surface area contributed by atoms with Gasteiger partial charge < -0.3 is 19.8 Å². The van der Waals surface area contributed by atoms with Gasteiger partial charge in [0.25, 0.3) is 11.8 Å². The van der Waals surface area contributed by atoms with Crippen molar-refractivity contribution in [3.05, 3.63) is 70.8 Å². The minimum Gasteiger partial charge on any atom is -0.380 e. The zero-order valence-electron chi connectivity index (χ0n) is 18.8. The number of carbonyl (C=O) groups is 2. The van der Waals surface area contributed by atoms with Crippen molar-refractivity contribution >= 4 is 23.1 Å². The molecule has 4 aliphatic rings. The lowest BCUT2D eigenvalue weighted by molar-refractivity contribution is -0.143. The highest BCUT2D eigenvalue weighted by Crippen LogP contribution is 2.39. The van der Waals surface area contributed by atoms with Crippen LogP contribution in [0.2, 0.25) is 0 Å². The maximum Gasteiger partial charge on any atom is 0.254 e. The average Bonchev–Trinajstić information content (AvgIpc) is 3.51. The van der Waals surface area contributed by atoms with Crippen LogP contribution in [0.25, 0.3) is 5.57 Å². The number of aliphatic hydroxyl groups is 1. The molecule has 0 radical (unpaired) electrons. The molecule has 1 N–H and O–H groups in total. The van der Waals surface area contributed by atoms with Crippen molar-refractivity contribution in [1.29, 1.82) is 0 Å². The average molecular weight is 444 g/mol. The second kappa shape index (κ2) is 7.73. The summed E-state index contributed by atoms with van der Waals surface area (Å²) in [5.74, 6) is -0.171. The summed E-state index contributed by atoms with van der Waals surface area (Å²) in [5.41, 5.74) is 6.59. The van der Waals surface area contributed by atoms with E-state index in [1.165, 1.54) is 16.7 Å². The van der Waals surface area contributed by atoms with Crippen LogP contribution >= 0.6 is 0 Å². The summed E-state index contributed by atoms with van der Waals surface area (Å²) in [5, 5.41) is 10.1. The summed E-state index contributed by atoms with van der Waals surface area (Å²) in [6.45, 7) is 3.90. The molecule has 0 unspecified atom stereocenters. The summed E-state index contributed by atoms with van der Waals surface area (Å²) in [7, 11) is 0. The maximum absolute atomic E-state index is 13.0. The first-order chi connectivity index (χ1) is 16.0. The predicted molar refractivity (Wildman–Crippen MR) is 127 cm³/mol. The van der Waals surface area contributed by atoms with Gasteiger partial charge in [0.2, 0.25) is 0 Å². The van der Waals surface area contributed by atoms with Gasteiger partial charge in [0, 0.05) is 50.5 Å². The van der Waals surface area contributed by atoms with Crippen LogP contribution in [0.5, 0.6) is 0 Å². The summed E-state index contributed by atoms with van der Waals surface area (Å²) >= 11 is 0. The van der Waals surface area contributed by atoms with Gasteiger partial charge in [-0.1, -0.05) is 29.8 Å². The third-order valence-electron chi connectivity index (χ3n) is 7.66. The fraction of sp³-hybridized carbons (Fsp3) is 0.407. The zero-order valence-corrected chi connectivity index (χ0v) is 18.8. The SMILES string of the molecule is O=C(c1ccc(N2CCC3=C(C2)c2ccccc2C3)cc1)N1CCN(C(=O)C2(O)CC2)CC1. The Balaban J connectivity index is 1.09. The molecule has 33 heavy (non-hydrogen) atoms. The lowest BCUT2D eigenvalue weighted by Crippen LogP contribution is -2.53. The molecule has 0 bridgehead atoms. The lowest BCUT2D eigenvalue weighted by atomic mass is 9.99. The number of fused-ring (bicyclic) bond motifs is 2. The van der Waals surface area contributed by atoms with Gasteiger partial charge in [-0.3, -0.25) is 9.59 Å². The first-order valence-electron chi connectivity index (χ1n) is 12.0. The number of carbonyl (C=O) groups excluding carboxylic acids is 2. The normalized spacial score (nSPS) is 21.1. The molecule has 2 aromatic carbocycles. The van der Waals surface area contributed by atoms with E-state index in [-0.39, 0.29) is 11.8 Å².